The summed E-state index contributed by atoms with van der Waals surface area (Å²) in [6.07, 6.45) is 0. The summed E-state index contributed by atoms with van der Waals surface area (Å²) in [5.41, 5.74) is 4.53. The number of piperazine rings is 1. The van der Waals surface area contributed by atoms with E-state index in [1.165, 1.54) is 17.0 Å². The van der Waals surface area contributed by atoms with Crippen LogP contribution < -0.4 is 10.3 Å². The zero-order valence-corrected chi connectivity index (χ0v) is 14.1. The third-order valence-corrected chi connectivity index (χ3v) is 5.05. The lowest BCUT2D eigenvalue weighted by molar-refractivity contribution is 0.0778. The molecule has 2 heterocycles. The average Bonchev–Trinajstić information content (AvgIpc) is 2.88. The highest BCUT2D eigenvalue weighted by Crippen LogP contribution is 2.31. The van der Waals surface area contributed by atoms with Crippen molar-refractivity contribution < 1.29 is 4.79 Å². The number of anilines is 1. The molecule has 0 radical (unpaired) electrons. The second-order valence-corrected chi connectivity index (χ2v) is 7.27. The summed E-state index contributed by atoms with van der Waals surface area (Å²) in [5, 5.41) is 1.92. The topological polar surface area (TPSA) is 35.6 Å². The van der Waals surface area contributed by atoms with Gasteiger partial charge in [-0.1, -0.05) is 41.4 Å². The second kappa shape index (κ2) is 6.87. The molecule has 3 rings (SSSR count). The number of nitrogens with one attached hydrogen (secondary N) is 1. The third kappa shape index (κ3) is 3.55. The van der Waals surface area contributed by atoms with Crippen LogP contribution in [0.2, 0.25) is 8.67 Å². The maximum absolute atomic E-state index is 12.2. The van der Waals surface area contributed by atoms with Crippen LogP contribution in [0, 0.1) is 0 Å². The van der Waals surface area contributed by atoms with E-state index >= 15 is 0 Å². The maximum Gasteiger partial charge on any atom is 0.268 e. The van der Waals surface area contributed by atoms with Gasteiger partial charge in [-0.2, -0.15) is 0 Å². The highest BCUT2D eigenvalue weighted by Gasteiger charge is 2.21. The molecule has 0 bridgehead atoms. The lowest BCUT2D eigenvalue weighted by atomic mass is 10.2. The Balaban J connectivity index is 1.56. The smallest absolute Gasteiger partial charge is 0.268 e. The van der Waals surface area contributed by atoms with E-state index in [0.717, 1.165) is 26.2 Å². The summed E-state index contributed by atoms with van der Waals surface area (Å²) in [5.74, 6) is -0.207. The molecule has 7 heteroatoms. The van der Waals surface area contributed by atoms with Crippen molar-refractivity contribution in [1.29, 1.82) is 0 Å². The minimum Gasteiger partial charge on any atom is -0.369 e. The Labute approximate surface area is 143 Å². The van der Waals surface area contributed by atoms with Crippen molar-refractivity contribution in [3.05, 3.63) is 50.6 Å². The van der Waals surface area contributed by atoms with E-state index in [1.807, 2.05) is 23.2 Å². The molecule has 1 aromatic carbocycles. The van der Waals surface area contributed by atoms with Crippen molar-refractivity contribution in [1.82, 2.24) is 10.4 Å². The average molecular weight is 356 g/mol. The molecule has 1 amide bonds. The van der Waals surface area contributed by atoms with Gasteiger partial charge in [-0.05, 0) is 18.2 Å². The summed E-state index contributed by atoms with van der Waals surface area (Å²) >= 11 is 13.1. The molecule has 0 aliphatic carbocycles. The van der Waals surface area contributed by atoms with Crippen LogP contribution in [0.4, 0.5) is 5.69 Å². The Kier molecular flexibility index (Phi) is 4.88. The van der Waals surface area contributed by atoms with Gasteiger partial charge in [-0.3, -0.25) is 10.2 Å². The molecule has 1 aliphatic heterocycles. The summed E-state index contributed by atoms with van der Waals surface area (Å²) in [4.78, 5) is 14.5. The fourth-order valence-corrected chi connectivity index (χ4v) is 3.87. The first-order valence-corrected chi connectivity index (χ1v) is 8.51. The van der Waals surface area contributed by atoms with Crippen LogP contribution in [0.3, 0.4) is 0 Å². The van der Waals surface area contributed by atoms with E-state index in [1.54, 1.807) is 6.07 Å². The molecule has 1 aliphatic rings. The van der Waals surface area contributed by atoms with E-state index in [9.17, 15) is 4.79 Å². The predicted octanol–water partition coefficient (Wildman–Crippen LogP) is 3.52. The van der Waals surface area contributed by atoms with Gasteiger partial charge >= 0.3 is 0 Å². The maximum atomic E-state index is 12.2. The van der Waals surface area contributed by atoms with E-state index in [2.05, 4.69) is 22.5 Å². The van der Waals surface area contributed by atoms with Crippen LogP contribution in [-0.4, -0.2) is 37.1 Å². The SMILES string of the molecule is O=C(NN1CCN(c2ccccc2)CC1)c1cc(Cl)sc1Cl. The van der Waals surface area contributed by atoms with Gasteiger partial charge in [-0.15, -0.1) is 11.3 Å². The van der Waals surface area contributed by atoms with Crippen LogP contribution in [0.25, 0.3) is 0 Å². The monoisotopic (exact) mass is 355 g/mol. The molecule has 2 aromatic rings. The molecule has 0 unspecified atom stereocenters. The number of thiophene rings is 1. The van der Waals surface area contributed by atoms with E-state index in [-0.39, 0.29) is 5.91 Å². The first kappa shape index (κ1) is 15.6. The number of carbonyl (C=O) groups is 1. The molecule has 0 spiro atoms. The largest absolute Gasteiger partial charge is 0.369 e. The summed E-state index contributed by atoms with van der Waals surface area (Å²) in [6.45, 7) is 3.25. The number of hydrazine groups is 1. The molecule has 1 N–H and O–H groups in total. The first-order valence-electron chi connectivity index (χ1n) is 6.94. The Morgan fingerprint density at radius 1 is 1.09 bits per heavy atom. The van der Waals surface area contributed by atoms with Crippen LogP contribution >= 0.6 is 34.5 Å². The number of amides is 1. The Morgan fingerprint density at radius 2 is 1.77 bits per heavy atom. The zero-order chi connectivity index (χ0) is 15.5. The number of nitrogens with zero attached hydrogens (tertiary/aromatic N) is 2. The predicted molar refractivity (Wildman–Crippen MR) is 92.0 cm³/mol. The number of hydrogen-bond acceptors (Lipinski definition) is 4. The minimum absolute atomic E-state index is 0.207. The Morgan fingerprint density at radius 3 is 2.36 bits per heavy atom. The van der Waals surface area contributed by atoms with Gasteiger partial charge in [0.2, 0.25) is 0 Å². The molecule has 22 heavy (non-hydrogen) atoms. The Bertz CT molecular complexity index is 654. The van der Waals surface area contributed by atoms with Gasteiger partial charge in [-0.25, -0.2) is 5.01 Å². The van der Waals surface area contributed by atoms with Crippen LogP contribution in [-0.2, 0) is 0 Å². The van der Waals surface area contributed by atoms with E-state index in [4.69, 9.17) is 23.2 Å². The standard InChI is InChI=1S/C15H15Cl2N3OS/c16-13-10-12(14(17)22-13)15(21)18-20-8-6-19(7-9-20)11-4-2-1-3-5-11/h1-5,10H,6-9H2,(H,18,21). The number of carbonyl (C=O) groups excluding carboxylic acids is 1. The molecular formula is C15H15Cl2N3OS. The summed E-state index contributed by atoms with van der Waals surface area (Å²) < 4.78 is 0.939. The van der Waals surface area contributed by atoms with Crippen LogP contribution in [0.1, 0.15) is 10.4 Å². The number of rotatable bonds is 3. The van der Waals surface area contributed by atoms with Gasteiger partial charge in [0.25, 0.3) is 5.91 Å². The van der Waals surface area contributed by atoms with Gasteiger partial charge in [0.15, 0.2) is 0 Å². The quantitative estimate of drug-likeness (QED) is 0.914. The van der Waals surface area contributed by atoms with Crippen molar-refractivity contribution in [2.75, 3.05) is 31.1 Å². The lowest BCUT2D eigenvalue weighted by Crippen LogP contribution is -2.53. The molecule has 0 atom stereocenters. The van der Waals surface area contributed by atoms with Crippen molar-refractivity contribution in [3.63, 3.8) is 0 Å². The van der Waals surface area contributed by atoms with E-state index < -0.39 is 0 Å². The fraction of sp³-hybridized carbons (Fsp3) is 0.267. The second-order valence-electron chi connectivity index (χ2n) is 4.99. The van der Waals surface area contributed by atoms with Crippen molar-refractivity contribution >= 4 is 46.1 Å². The number of para-hydroxylation sites is 1. The molecule has 4 nitrogen and oxygen atoms in total. The van der Waals surface area contributed by atoms with Crippen LogP contribution in [0.5, 0.6) is 0 Å². The molecular weight excluding hydrogens is 341 g/mol. The Hall–Kier alpha value is -1.27. The normalized spacial score (nSPS) is 15.8. The van der Waals surface area contributed by atoms with Gasteiger partial charge in [0.1, 0.15) is 4.34 Å². The molecule has 0 saturated carbocycles. The zero-order valence-electron chi connectivity index (χ0n) is 11.8. The van der Waals surface area contributed by atoms with Crippen molar-refractivity contribution in [2.45, 2.75) is 0 Å². The highest BCUT2D eigenvalue weighted by molar-refractivity contribution is 7.20. The number of benzene rings is 1. The lowest BCUT2D eigenvalue weighted by Gasteiger charge is -2.36. The van der Waals surface area contributed by atoms with Crippen molar-refractivity contribution in [3.8, 4) is 0 Å². The molecule has 1 fully saturated rings. The summed E-state index contributed by atoms with van der Waals surface area (Å²) in [7, 11) is 0. The van der Waals surface area contributed by atoms with Gasteiger partial charge in [0, 0.05) is 31.9 Å². The van der Waals surface area contributed by atoms with Gasteiger partial charge < -0.3 is 4.90 Å². The minimum atomic E-state index is -0.207. The first-order chi connectivity index (χ1) is 10.6. The molecule has 1 saturated heterocycles. The van der Waals surface area contributed by atoms with Gasteiger partial charge in [0.05, 0.1) is 9.90 Å². The van der Waals surface area contributed by atoms with Crippen LogP contribution in [0.15, 0.2) is 36.4 Å². The number of hydrogen-bond donors (Lipinski definition) is 1. The number of halogens is 2. The highest BCUT2D eigenvalue weighted by atomic mass is 35.5. The summed E-state index contributed by atoms with van der Waals surface area (Å²) in [6, 6.07) is 11.9. The fourth-order valence-electron chi connectivity index (χ4n) is 2.41. The molecule has 116 valence electrons. The van der Waals surface area contributed by atoms with Crippen molar-refractivity contribution in [2.24, 2.45) is 0 Å². The van der Waals surface area contributed by atoms with E-state index in [0.29, 0.717) is 14.2 Å². The molecule has 1 aromatic heterocycles. The third-order valence-electron chi connectivity index (χ3n) is 3.56.